The minimum atomic E-state index is -1.68. The zero-order valence-electron chi connectivity index (χ0n) is 17.9. The van der Waals surface area contributed by atoms with Crippen molar-refractivity contribution in [2.24, 2.45) is 0 Å². The third-order valence-corrected chi connectivity index (χ3v) is 5.63. The molecule has 1 atom stereocenters. The summed E-state index contributed by atoms with van der Waals surface area (Å²) in [5.41, 5.74) is 0.838. The highest BCUT2D eigenvalue weighted by molar-refractivity contribution is 6.33. The van der Waals surface area contributed by atoms with Gasteiger partial charge >= 0.3 is 0 Å². The average Bonchev–Trinajstić information content (AvgIpc) is 3.27. The summed E-state index contributed by atoms with van der Waals surface area (Å²) in [5.74, 6) is -1.54. The van der Waals surface area contributed by atoms with Crippen molar-refractivity contribution in [1.82, 2.24) is 24.6 Å². The van der Waals surface area contributed by atoms with E-state index in [1.165, 1.54) is 23.4 Å². The first-order valence-electron chi connectivity index (χ1n) is 10.2. The van der Waals surface area contributed by atoms with Crippen molar-refractivity contribution in [3.63, 3.8) is 0 Å². The quantitative estimate of drug-likeness (QED) is 0.417. The van der Waals surface area contributed by atoms with Gasteiger partial charge in [-0.25, -0.2) is 18.4 Å². The van der Waals surface area contributed by atoms with Crippen LogP contribution in [0.4, 0.5) is 8.78 Å². The Labute approximate surface area is 195 Å². The molecule has 4 aromatic rings. The van der Waals surface area contributed by atoms with Crippen LogP contribution < -0.4 is 0 Å². The van der Waals surface area contributed by atoms with Crippen LogP contribution in [0.25, 0.3) is 11.1 Å². The number of benzene rings is 2. The van der Waals surface area contributed by atoms with Gasteiger partial charge in [-0.1, -0.05) is 41.9 Å². The van der Waals surface area contributed by atoms with Crippen LogP contribution in [0.15, 0.2) is 73.4 Å². The van der Waals surface area contributed by atoms with Crippen molar-refractivity contribution < 1.29 is 13.9 Å². The maximum Gasteiger partial charge on any atom is 0.137 e. The Morgan fingerprint density at radius 2 is 1.94 bits per heavy atom. The first-order valence-corrected chi connectivity index (χ1v) is 10.6. The van der Waals surface area contributed by atoms with Crippen LogP contribution in [0.2, 0.25) is 5.02 Å². The Morgan fingerprint density at radius 3 is 2.61 bits per heavy atom. The second-order valence-corrected chi connectivity index (χ2v) is 8.35. The molecule has 0 fully saturated rings. The van der Waals surface area contributed by atoms with Gasteiger partial charge in [-0.15, -0.1) is 0 Å². The molecular formula is C24H22ClF2N5O. The third-order valence-electron chi connectivity index (χ3n) is 5.30. The smallest absolute Gasteiger partial charge is 0.137 e. The van der Waals surface area contributed by atoms with Gasteiger partial charge in [0.25, 0.3) is 0 Å². The summed E-state index contributed by atoms with van der Waals surface area (Å²) in [4.78, 5) is 10.2. The molecule has 6 nitrogen and oxygen atoms in total. The van der Waals surface area contributed by atoms with Gasteiger partial charge in [-0.2, -0.15) is 5.10 Å². The van der Waals surface area contributed by atoms with Crippen LogP contribution in [0.5, 0.6) is 0 Å². The van der Waals surface area contributed by atoms with Crippen molar-refractivity contribution in [1.29, 1.82) is 0 Å². The second-order valence-electron chi connectivity index (χ2n) is 7.94. The maximum atomic E-state index is 14.6. The van der Waals surface area contributed by atoms with Crippen molar-refractivity contribution in [3.05, 3.63) is 101 Å². The van der Waals surface area contributed by atoms with Crippen molar-refractivity contribution in [2.45, 2.75) is 18.7 Å². The van der Waals surface area contributed by atoms with Crippen molar-refractivity contribution in [3.8, 4) is 11.1 Å². The zero-order chi connectivity index (χ0) is 23.4. The Balaban J connectivity index is 1.53. The summed E-state index contributed by atoms with van der Waals surface area (Å²) in [6.07, 6.45) is 4.50. The molecule has 0 aliphatic rings. The lowest BCUT2D eigenvalue weighted by molar-refractivity contribution is -0.0177. The molecule has 170 valence electrons. The van der Waals surface area contributed by atoms with Crippen molar-refractivity contribution >= 4 is 11.6 Å². The van der Waals surface area contributed by atoms with E-state index in [0.717, 1.165) is 29.0 Å². The number of aromatic nitrogens is 4. The molecule has 1 N–H and O–H groups in total. The maximum absolute atomic E-state index is 14.6. The summed E-state index contributed by atoms with van der Waals surface area (Å²) >= 11 is 6.27. The predicted molar refractivity (Wildman–Crippen MR) is 121 cm³/mol. The molecule has 0 aliphatic heterocycles. The van der Waals surface area contributed by atoms with Gasteiger partial charge in [0.15, 0.2) is 0 Å². The van der Waals surface area contributed by atoms with E-state index in [-0.39, 0.29) is 18.7 Å². The van der Waals surface area contributed by atoms with Gasteiger partial charge < -0.3 is 5.11 Å². The van der Waals surface area contributed by atoms with Gasteiger partial charge in [0, 0.05) is 47.1 Å². The summed E-state index contributed by atoms with van der Waals surface area (Å²) < 4.78 is 29.5. The van der Waals surface area contributed by atoms with Crippen LogP contribution in [0.3, 0.4) is 0 Å². The van der Waals surface area contributed by atoms with Gasteiger partial charge in [0.1, 0.15) is 29.9 Å². The Kier molecular flexibility index (Phi) is 6.78. The molecule has 0 saturated heterocycles. The molecule has 0 bridgehead atoms. The standard InChI is InChI=1S/C24H22ClF2N5O/c1-31(12-19-8-6-17(11-29-19)20-4-2-3-5-22(20)25)13-24(33,14-32-16-28-15-30-32)21-9-7-18(26)10-23(21)27/h2-11,15-16,33H,12-14H2,1H3. The first-order chi connectivity index (χ1) is 15.8. The fourth-order valence-electron chi connectivity index (χ4n) is 3.82. The summed E-state index contributed by atoms with van der Waals surface area (Å²) in [6.45, 7) is 0.382. The van der Waals surface area contributed by atoms with E-state index >= 15 is 0 Å². The normalized spacial score (nSPS) is 13.3. The summed E-state index contributed by atoms with van der Waals surface area (Å²) in [7, 11) is 1.79. The molecule has 9 heteroatoms. The molecule has 0 aliphatic carbocycles. The largest absolute Gasteiger partial charge is 0.382 e. The Bertz CT molecular complexity index is 1220. The molecule has 0 radical (unpaired) electrons. The van der Waals surface area contributed by atoms with E-state index in [1.807, 2.05) is 41.3 Å². The number of aliphatic hydroxyl groups is 1. The fraction of sp³-hybridized carbons (Fsp3) is 0.208. The SMILES string of the molecule is CN(Cc1ccc(-c2ccccc2Cl)cn1)CC(O)(Cn1cncn1)c1ccc(F)cc1F. The van der Waals surface area contributed by atoms with E-state index < -0.39 is 17.2 Å². The minimum Gasteiger partial charge on any atom is -0.382 e. The highest BCUT2D eigenvalue weighted by Crippen LogP contribution is 2.29. The first kappa shape index (κ1) is 23.0. The molecular weight excluding hydrogens is 448 g/mol. The highest BCUT2D eigenvalue weighted by atomic mass is 35.5. The highest BCUT2D eigenvalue weighted by Gasteiger charge is 2.35. The lowest BCUT2D eigenvalue weighted by Gasteiger charge is -2.33. The monoisotopic (exact) mass is 469 g/mol. The van der Waals surface area contributed by atoms with Gasteiger partial charge in [0.05, 0.1) is 12.2 Å². The minimum absolute atomic E-state index is 0.0201. The number of hydrogen-bond donors (Lipinski definition) is 1. The lowest BCUT2D eigenvalue weighted by atomic mass is 9.92. The van der Waals surface area contributed by atoms with E-state index in [4.69, 9.17) is 11.6 Å². The topological polar surface area (TPSA) is 67.1 Å². The number of likely N-dealkylation sites (N-methyl/N-ethyl adjacent to an activating group) is 1. The zero-order valence-corrected chi connectivity index (χ0v) is 18.6. The Morgan fingerprint density at radius 1 is 1.12 bits per heavy atom. The number of hydrogen-bond acceptors (Lipinski definition) is 5. The summed E-state index contributed by atoms with van der Waals surface area (Å²) in [5, 5.41) is 16.1. The second kappa shape index (κ2) is 9.74. The van der Waals surface area contributed by atoms with E-state index in [9.17, 15) is 13.9 Å². The molecule has 2 aromatic heterocycles. The van der Waals surface area contributed by atoms with Crippen LogP contribution >= 0.6 is 11.6 Å². The number of halogens is 3. The lowest BCUT2D eigenvalue weighted by Crippen LogP contribution is -2.43. The molecule has 1 unspecified atom stereocenters. The van der Waals surface area contributed by atoms with Gasteiger partial charge in [-0.05, 0) is 25.2 Å². The molecule has 2 heterocycles. The van der Waals surface area contributed by atoms with Crippen molar-refractivity contribution in [2.75, 3.05) is 13.6 Å². The summed E-state index contributed by atoms with van der Waals surface area (Å²) in [6, 6.07) is 14.5. The molecule has 2 aromatic carbocycles. The van der Waals surface area contributed by atoms with Crippen LogP contribution in [0, 0.1) is 11.6 Å². The van der Waals surface area contributed by atoms with E-state index in [0.29, 0.717) is 11.6 Å². The molecule has 0 saturated carbocycles. The number of rotatable bonds is 8. The van der Waals surface area contributed by atoms with Crippen LogP contribution in [-0.4, -0.2) is 43.3 Å². The van der Waals surface area contributed by atoms with Gasteiger partial charge in [-0.3, -0.25) is 9.88 Å². The number of nitrogens with zero attached hydrogens (tertiary/aromatic N) is 5. The Hall–Kier alpha value is -3.20. The fourth-order valence-corrected chi connectivity index (χ4v) is 4.07. The van der Waals surface area contributed by atoms with E-state index in [1.54, 1.807) is 13.2 Å². The molecule has 4 rings (SSSR count). The predicted octanol–water partition coefficient (Wildman–Crippen LogP) is 4.29. The van der Waals surface area contributed by atoms with Crippen LogP contribution in [0.1, 0.15) is 11.3 Å². The van der Waals surface area contributed by atoms with Crippen LogP contribution in [-0.2, 0) is 18.7 Å². The number of pyridine rings is 1. The molecule has 33 heavy (non-hydrogen) atoms. The van der Waals surface area contributed by atoms with E-state index in [2.05, 4.69) is 15.1 Å². The van der Waals surface area contributed by atoms with Gasteiger partial charge in [0.2, 0.25) is 0 Å². The molecule has 0 spiro atoms. The molecule has 0 amide bonds. The average molecular weight is 470 g/mol. The third kappa shape index (κ3) is 5.42.